The van der Waals surface area contributed by atoms with E-state index >= 15 is 0 Å². The monoisotopic (exact) mass is 413 g/mol. The first-order chi connectivity index (χ1) is 12.3. The molecule has 2 saturated heterocycles. The van der Waals surface area contributed by atoms with E-state index in [-0.39, 0.29) is 36.8 Å². The van der Waals surface area contributed by atoms with Crippen LogP contribution < -0.4 is 10.6 Å². The summed E-state index contributed by atoms with van der Waals surface area (Å²) in [6.07, 6.45) is 8.85. The first-order valence-corrected chi connectivity index (χ1v) is 10.1. The third kappa shape index (κ3) is 5.83. The molecule has 2 aliphatic heterocycles. The van der Waals surface area contributed by atoms with E-state index in [1.807, 2.05) is 0 Å². The maximum atomic E-state index is 12.5. The van der Waals surface area contributed by atoms with E-state index in [1.54, 1.807) is 0 Å². The molecular weight excluding hydrogens is 381 g/mol. The summed E-state index contributed by atoms with van der Waals surface area (Å²) < 4.78 is 0. The highest BCUT2D eigenvalue weighted by Gasteiger charge is 2.37. The van der Waals surface area contributed by atoms with E-state index in [0.29, 0.717) is 18.5 Å². The molecule has 3 atom stereocenters. The van der Waals surface area contributed by atoms with Gasteiger partial charge in [0.05, 0.1) is 6.04 Å². The predicted molar refractivity (Wildman–Crippen MR) is 115 cm³/mol. The van der Waals surface area contributed by atoms with Crippen LogP contribution in [0.5, 0.6) is 0 Å². The number of carbonyl (C=O) groups excluding carboxylic acids is 1. The van der Waals surface area contributed by atoms with Gasteiger partial charge < -0.3 is 10.6 Å². The van der Waals surface area contributed by atoms with Crippen LogP contribution in [0.15, 0.2) is 24.3 Å². The Hall–Kier alpha value is -0.810. The van der Waals surface area contributed by atoms with Crippen molar-refractivity contribution in [3.05, 3.63) is 35.4 Å². The molecule has 0 radical (unpaired) electrons. The number of carbonyl (C=O) groups is 1. The van der Waals surface area contributed by atoms with Crippen LogP contribution in [0, 0.1) is 5.92 Å². The number of nitrogens with one attached hydrogen (secondary N) is 2. The Kier molecular flexibility index (Phi) is 8.87. The highest BCUT2D eigenvalue weighted by Crippen LogP contribution is 2.33. The van der Waals surface area contributed by atoms with Crippen LogP contribution in [0.25, 0.3) is 0 Å². The van der Waals surface area contributed by atoms with Crippen LogP contribution in [0.4, 0.5) is 0 Å². The molecule has 0 aromatic heterocycles. The van der Waals surface area contributed by atoms with Gasteiger partial charge in [0, 0.05) is 19.1 Å². The van der Waals surface area contributed by atoms with Crippen molar-refractivity contribution in [2.75, 3.05) is 13.1 Å². The van der Waals surface area contributed by atoms with E-state index < -0.39 is 0 Å². The second kappa shape index (κ2) is 10.7. The molecule has 0 spiro atoms. The van der Waals surface area contributed by atoms with Gasteiger partial charge in [-0.3, -0.25) is 9.69 Å². The number of rotatable bonds is 5. The third-order valence-electron chi connectivity index (χ3n) is 6.24. The Morgan fingerprint density at radius 2 is 1.81 bits per heavy atom. The molecule has 1 aliphatic carbocycles. The maximum Gasteiger partial charge on any atom is 0.237 e. The number of hydrogen-bond donors (Lipinski definition) is 2. The van der Waals surface area contributed by atoms with Crippen molar-refractivity contribution in [1.29, 1.82) is 0 Å². The summed E-state index contributed by atoms with van der Waals surface area (Å²) in [6, 6.07) is 9.28. The summed E-state index contributed by atoms with van der Waals surface area (Å²) in [5.41, 5.74) is 2.57. The average Bonchev–Trinajstić information content (AvgIpc) is 3.29. The van der Waals surface area contributed by atoms with Gasteiger partial charge in [-0.1, -0.05) is 37.1 Å². The predicted octanol–water partition coefficient (Wildman–Crippen LogP) is 3.66. The number of hydrogen-bond acceptors (Lipinski definition) is 3. The molecule has 2 N–H and O–H groups in total. The Bertz CT molecular complexity index is 593. The number of benzene rings is 1. The van der Waals surface area contributed by atoms with Crippen molar-refractivity contribution in [3.63, 3.8) is 0 Å². The molecule has 1 saturated carbocycles. The molecule has 4 nitrogen and oxygen atoms in total. The lowest BCUT2D eigenvalue weighted by Crippen LogP contribution is -2.42. The minimum atomic E-state index is 0. The van der Waals surface area contributed by atoms with Crippen LogP contribution in [0.2, 0.25) is 0 Å². The van der Waals surface area contributed by atoms with Crippen molar-refractivity contribution in [1.82, 2.24) is 15.5 Å². The summed E-state index contributed by atoms with van der Waals surface area (Å²) in [6.45, 7) is 4.11. The SMILES string of the molecule is Cl.Cl.O=C(NCc1cccc(CN2CCCC2)c1)C1CC2CCCCC2N1. The number of halogens is 2. The van der Waals surface area contributed by atoms with Crippen LogP contribution in [0.3, 0.4) is 0 Å². The fourth-order valence-corrected chi connectivity index (χ4v) is 4.87. The van der Waals surface area contributed by atoms with Crippen LogP contribution in [0.1, 0.15) is 56.1 Å². The molecule has 2 heterocycles. The Morgan fingerprint density at radius 1 is 1.07 bits per heavy atom. The van der Waals surface area contributed by atoms with Gasteiger partial charge in [0.1, 0.15) is 0 Å². The molecule has 6 heteroatoms. The first kappa shape index (κ1) is 22.5. The van der Waals surface area contributed by atoms with E-state index in [0.717, 1.165) is 13.0 Å². The lowest BCUT2D eigenvalue weighted by molar-refractivity contribution is -0.123. The summed E-state index contributed by atoms with van der Waals surface area (Å²) in [7, 11) is 0. The molecule has 1 aromatic carbocycles. The maximum absolute atomic E-state index is 12.5. The normalized spacial score (nSPS) is 27.3. The van der Waals surface area contributed by atoms with Gasteiger partial charge in [0.2, 0.25) is 5.91 Å². The van der Waals surface area contributed by atoms with Crippen molar-refractivity contribution in [2.24, 2.45) is 5.92 Å². The van der Waals surface area contributed by atoms with Crippen LogP contribution >= 0.6 is 24.8 Å². The quantitative estimate of drug-likeness (QED) is 0.773. The largest absolute Gasteiger partial charge is 0.351 e. The zero-order valence-corrected chi connectivity index (χ0v) is 17.6. The lowest BCUT2D eigenvalue weighted by atomic mass is 9.85. The molecular formula is C21H33Cl2N3O. The molecule has 3 unspecified atom stereocenters. The Morgan fingerprint density at radius 3 is 2.59 bits per heavy atom. The minimum Gasteiger partial charge on any atom is -0.351 e. The van der Waals surface area contributed by atoms with E-state index in [4.69, 9.17) is 0 Å². The smallest absolute Gasteiger partial charge is 0.237 e. The number of nitrogens with zero attached hydrogens (tertiary/aromatic N) is 1. The van der Waals surface area contributed by atoms with E-state index in [9.17, 15) is 4.79 Å². The van der Waals surface area contributed by atoms with Crippen LogP contribution in [-0.4, -0.2) is 36.0 Å². The number of likely N-dealkylation sites (tertiary alicyclic amines) is 1. The molecule has 27 heavy (non-hydrogen) atoms. The first-order valence-electron chi connectivity index (χ1n) is 10.1. The summed E-state index contributed by atoms with van der Waals surface area (Å²) in [5, 5.41) is 6.73. The zero-order chi connectivity index (χ0) is 17.1. The van der Waals surface area contributed by atoms with Gasteiger partial charge in [-0.2, -0.15) is 0 Å². The molecule has 3 fully saturated rings. The van der Waals surface area contributed by atoms with Gasteiger partial charge in [-0.05, 0) is 62.2 Å². The Balaban J connectivity index is 0.00000131. The summed E-state index contributed by atoms with van der Waals surface area (Å²) in [5.74, 6) is 0.896. The van der Waals surface area contributed by atoms with E-state index in [1.165, 1.54) is 62.7 Å². The van der Waals surface area contributed by atoms with Gasteiger partial charge in [0.25, 0.3) is 0 Å². The molecule has 1 aromatic rings. The van der Waals surface area contributed by atoms with E-state index in [2.05, 4.69) is 39.8 Å². The summed E-state index contributed by atoms with van der Waals surface area (Å²) in [4.78, 5) is 15.1. The van der Waals surface area contributed by atoms with Gasteiger partial charge in [-0.25, -0.2) is 0 Å². The number of fused-ring (bicyclic) bond motifs is 1. The lowest BCUT2D eigenvalue weighted by Gasteiger charge is -2.24. The average molecular weight is 414 g/mol. The number of amides is 1. The van der Waals surface area contributed by atoms with Crippen molar-refractivity contribution in [3.8, 4) is 0 Å². The highest BCUT2D eigenvalue weighted by molar-refractivity contribution is 5.85. The molecule has 152 valence electrons. The van der Waals surface area contributed by atoms with Crippen molar-refractivity contribution >= 4 is 30.7 Å². The van der Waals surface area contributed by atoms with Crippen molar-refractivity contribution in [2.45, 2.75) is 70.1 Å². The fraction of sp³-hybridized carbons (Fsp3) is 0.667. The molecule has 1 amide bonds. The molecule has 0 bridgehead atoms. The van der Waals surface area contributed by atoms with Gasteiger partial charge in [0.15, 0.2) is 0 Å². The summed E-state index contributed by atoms with van der Waals surface area (Å²) >= 11 is 0. The standard InChI is InChI=1S/C21H31N3O.2ClH/c25-21(20-13-18-8-1-2-9-19(18)23-20)22-14-16-6-5-7-17(12-16)15-24-10-3-4-11-24;;/h5-7,12,18-20,23H,1-4,8-11,13-15H2,(H,22,25);2*1H. The fourth-order valence-electron chi connectivity index (χ4n) is 4.87. The second-order valence-corrected chi connectivity index (χ2v) is 8.13. The third-order valence-corrected chi connectivity index (χ3v) is 6.24. The molecule has 4 rings (SSSR count). The zero-order valence-electron chi connectivity index (χ0n) is 16.0. The minimum absolute atomic E-state index is 0. The topological polar surface area (TPSA) is 44.4 Å². The molecule has 3 aliphatic rings. The Labute approximate surface area is 175 Å². The second-order valence-electron chi connectivity index (χ2n) is 8.13. The van der Waals surface area contributed by atoms with Gasteiger partial charge >= 0.3 is 0 Å². The van der Waals surface area contributed by atoms with Crippen molar-refractivity contribution < 1.29 is 4.79 Å². The van der Waals surface area contributed by atoms with Crippen LogP contribution in [-0.2, 0) is 17.9 Å². The van der Waals surface area contributed by atoms with Gasteiger partial charge in [-0.15, -0.1) is 24.8 Å². The highest BCUT2D eigenvalue weighted by atomic mass is 35.5.